The Morgan fingerprint density at radius 1 is 1.25 bits per heavy atom. The molecule has 0 atom stereocenters. The maximum Gasteiger partial charge on any atom is 0.275 e. The number of anilines is 1. The number of likely N-dealkylation sites (tertiary alicyclic amines) is 1. The van der Waals surface area contributed by atoms with E-state index in [-0.39, 0.29) is 23.2 Å². The zero-order valence-electron chi connectivity index (χ0n) is 13.5. The number of benzene rings is 1. The Morgan fingerprint density at radius 3 is 2.58 bits per heavy atom. The minimum atomic E-state index is -0.300. The zero-order valence-corrected chi connectivity index (χ0v) is 14.4. The summed E-state index contributed by atoms with van der Waals surface area (Å²) in [6, 6.07) is 7.92. The van der Waals surface area contributed by atoms with E-state index in [1.54, 1.807) is 4.90 Å². The monoisotopic (exact) mass is 344 g/mol. The van der Waals surface area contributed by atoms with Crippen LogP contribution in [0.25, 0.3) is 0 Å². The molecule has 1 fully saturated rings. The van der Waals surface area contributed by atoms with Crippen molar-refractivity contribution >= 4 is 29.0 Å². The van der Waals surface area contributed by atoms with Crippen LogP contribution >= 0.6 is 11.5 Å². The van der Waals surface area contributed by atoms with Gasteiger partial charge in [-0.2, -0.15) is 4.37 Å². The summed E-state index contributed by atoms with van der Waals surface area (Å²) in [7, 11) is 0. The number of carbonyl (C=O) groups excluding carboxylic acids is 2. The summed E-state index contributed by atoms with van der Waals surface area (Å²) in [6.07, 6.45) is 2.00. The molecule has 1 aliphatic heterocycles. The third-order valence-electron chi connectivity index (χ3n) is 4.10. The summed E-state index contributed by atoms with van der Waals surface area (Å²) in [6.45, 7) is 3.88. The van der Waals surface area contributed by atoms with Crippen LogP contribution in [0.1, 0.15) is 44.1 Å². The number of carbonyl (C=O) groups is 2. The number of hydrogen-bond acceptors (Lipinski definition) is 5. The van der Waals surface area contributed by atoms with Gasteiger partial charge in [0.1, 0.15) is 4.88 Å². The predicted molar refractivity (Wildman–Crippen MR) is 94.0 cm³/mol. The van der Waals surface area contributed by atoms with E-state index in [1.807, 2.05) is 31.2 Å². The molecule has 6 nitrogen and oxygen atoms in total. The zero-order chi connectivity index (χ0) is 17.1. The summed E-state index contributed by atoms with van der Waals surface area (Å²) in [5.74, 6) is -0.482. The summed E-state index contributed by atoms with van der Waals surface area (Å²) < 4.78 is 4.11. The molecule has 2 heterocycles. The van der Waals surface area contributed by atoms with E-state index in [4.69, 9.17) is 5.73 Å². The van der Waals surface area contributed by atoms with Crippen LogP contribution in [-0.2, 0) is 6.54 Å². The predicted octanol–water partition coefficient (Wildman–Crippen LogP) is 2.20. The highest BCUT2D eigenvalue weighted by molar-refractivity contribution is 7.09. The maximum absolute atomic E-state index is 12.4. The lowest BCUT2D eigenvalue weighted by Crippen LogP contribution is -2.29. The molecule has 1 aliphatic rings. The third kappa shape index (κ3) is 3.41. The van der Waals surface area contributed by atoms with Crippen LogP contribution in [0.3, 0.4) is 0 Å². The molecule has 2 amide bonds. The highest BCUT2D eigenvalue weighted by atomic mass is 32.1. The van der Waals surface area contributed by atoms with Crippen molar-refractivity contribution in [2.45, 2.75) is 26.3 Å². The van der Waals surface area contributed by atoms with Gasteiger partial charge in [-0.15, -0.1) is 0 Å². The lowest BCUT2D eigenvalue weighted by molar-refractivity contribution is 0.0789. The molecule has 0 saturated carbocycles. The average Bonchev–Trinajstić information content (AvgIpc) is 3.23. The first-order valence-corrected chi connectivity index (χ1v) is 8.72. The van der Waals surface area contributed by atoms with Gasteiger partial charge in [-0.25, -0.2) is 0 Å². The molecule has 126 valence electrons. The maximum atomic E-state index is 12.4. The summed E-state index contributed by atoms with van der Waals surface area (Å²) in [5, 5.41) is 2.82. The van der Waals surface area contributed by atoms with Gasteiger partial charge in [0, 0.05) is 19.6 Å². The van der Waals surface area contributed by atoms with Gasteiger partial charge in [0.2, 0.25) is 0 Å². The first-order valence-electron chi connectivity index (χ1n) is 7.94. The number of nitrogens with one attached hydrogen (secondary N) is 1. The molecule has 1 aromatic heterocycles. The molecule has 3 N–H and O–H groups in total. The van der Waals surface area contributed by atoms with Crippen molar-refractivity contribution in [3.8, 4) is 0 Å². The smallest absolute Gasteiger partial charge is 0.275 e. The van der Waals surface area contributed by atoms with Gasteiger partial charge in [-0.05, 0) is 36.9 Å². The van der Waals surface area contributed by atoms with Crippen LogP contribution in [-0.4, -0.2) is 34.2 Å². The number of aryl methyl sites for hydroxylation is 1. The van der Waals surface area contributed by atoms with Crippen molar-refractivity contribution < 1.29 is 9.59 Å². The standard InChI is InChI=1S/C17H20N4O2S/c1-11-4-6-12(7-5-11)10-19-16(22)15-13(18)14(20-24-15)17(23)21-8-2-3-9-21/h4-7H,2-3,8-10,18H2,1H3,(H,19,22). The van der Waals surface area contributed by atoms with E-state index in [9.17, 15) is 9.59 Å². The van der Waals surface area contributed by atoms with Gasteiger partial charge in [0.05, 0.1) is 5.69 Å². The molecule has 0 aliphatic carbocycles. The van der Waals surface area contributed by atoms with Crippen LogP contribution < -0.4 is 11.1 Å². The number of nitrogens with zero attached hydrogens (tertiary/aromatic N) is 2. The second-order valence-corrected chi connectivity index (χ2v) is 6.71. The number of nitrogens with two attached hydrogens (primary N) is 1. The fraction of sp³-hybridized carbons (Fsp3) is 0.353. The Kier molecular flexibility index (Phi) is 4.80. The molecule has 24 heavy (non-hydrogen) atoms. The quantitative estimate of drug-likeness (QED) is 0.890. The van der Waals surface area contributed by atoms with Crippen molar-refractivity contribution in [1.29, 1.82) is 0 Å². The molecule has 1 saturated heterocycles. The first-order chi connectivity index (χ1) is 11.6. The molecule has 7 heteroatoms. The van der Waals surface area contributed by atoms with Crippen molar-refractivity contribution in [2.24, 2.45) is 0 Å². The van der Waals surface area contributed by atoms with Crippen molar-refractivity contribution in [3.63, 3.8) is 0 Å². The second-order valence-electron chi connectivity index (χ2n) is 5.94. The van der Waals surface area contributed by atoms with Gasteiger partial charge in [-0.3, -0.25) is 9.59 Å². The molecule has 0 bridgehead atoms. The van der Waals surface area contributed by atoms with E-state index in [0.717, 1.165) is 43.0 Å². The minimum Gasteiger partial charge on any atom is -0.395 e. The Bertz CT molecular complexity index is 748. The van der Waals surface area contributed by atoms with E-state index >= 15 is 0 Å². The normalized spacial score (nSPS) is 14.0. The largest absolute Gasteiger partial charge is 0.395 e. The number of hydrogen-bond donors (Lipinski definition) is 2. The molecular formula is C17H20N4O2S. The summed E-state index contributed by atoms with van der Waals surface area (Å²) in [5.41, 5.74) is 8.55. The average molecular weight is 344 g/mol. The topological polar surface area (TPSA) is 88.3 Å². The minimum absolute atomic E-state index is 0.179. The molecule has 1 aromatic carbocycles. The number of amides is 2. The molecular weight excluding hydrogens is 324 g/mol. The van der Waals surface area contributed by atoms with Gasteiger partial charge >= 0.3 is 0 Å². The molecule has 0 spiro atoms. The van der Waals surface area contributed by atoms with Crippen LogP contribution in [0.5, 0.6) is 0 Å². The highest BCUT2D eigenvalue weighted by Crippen LogP contribution is 2.24. The van der Waals surface area contributed by atoms with Crippen molar-refractivity contribution in [3.05, 3.63) is 46.0 Å². The van der Waals surface area contributed by atoms with E-state index in [0.29, 0.717) is 11.4 Å². The second kappa shape index (κ2) is 7.00. The fourth-order valence-corrected chi connectivity index (χ4v) is 3.36. The third-order valence-corrected chi connectivity index (χ3v) is 4.97. The Morgan fingerprint density at radius 2 is 1.92 bits per heavy atom. The van der Waals surface area contributed by atoms with Gasteiger partial charge in [-0.1, -0.05) is 29.8 Å². The summed E-state index contributed by atoms with van der Waals surface area (Å²) in [4.78, 5) is 26.7. The highest BCUT2D eigenvalue weighted by Gasteiger charge is 2.27. The molecule has 2 aromatic rings. The van der Waals surface area contributed by atoms with Crippen molar-refractivity contribution in [2.75, 3.05) is 18.8 Å². The molecule has 3 rings (SSSR count). The van der Waals surface area contributed by atoms with Crippen LogP contribution in [0.15, 0.2) is 24.3 Å². The van der Waals surface area contributed by atoms with E-state index < -0.39 is 0 Å². The lowest BCUT2D eigenvalue weighted by atomic mass is 10.1. The van der Waals surface area contributed by atoms with Crippen LogP contribution in [0.2, 0.25) is 0 Å². The SMILES string of the molecule is Cc1ccc(CNC(=O)c2snc(C(=O)N3CCCC3)c2N)cc1. The van der Waals surface area contributed by atoms with Gasteiger partial charge in [0.25, 0.3) is 11.8 Å². The van der Waals surface area contributed by atoms with E-state index in [2.05, 4.69) is 9.69 Å². The Hall–Kier alpha value is -2.41. The van der Waals surface area contributed by atoms with Gasteiger partial charge < -0.3 is 16.0 Å². The number of nitrogen functional groups attached to an aromatic ring is 1. The number of aromatic nitrogens is 1. The molecule has 0 unspecified atom stereocenters. The lowest BCUT2D eigenvalue weighted by Gasteiger charge is -2.13. The van der Waals surface area contributed by atoms with E-state index in [1.165, 1.54) is 5.56 Å². The van der Waals surface area contributed by atoms with Crippen LogP contribution in [0, 0.1) is 6.92 Å². The Labute approximate surface area is 144 Å². The van der Waals surface area contributed by atoms with Gasteiger partial charge in [0.15, 0.2) is 5.69 Å². The number of rotatable bonds is 4. The molecule has 0 radical (unpaired) electrons. The van der Waals surface area contributed by atoms with Crippen LogP contribution in [0.4, 0.5) is 5.69 Å². The van der Waals surface area contributed by atoms with Crippen molar-refractivity contribution in [1.82, 2.24) is 14.6 Å². The summed E-state index contributed by atoms with van der Waals surface area (Å²) >= 11 is 0.974. The Balaban J connectivity index is 1.67. The fourth-order valence-electron chi connectivity index (χ4n) is 2.65. The first kappa shape index (κ1) is 16.4.